The molecule has 0 heterocycles. The Hall–Kier alpha value is -2.11. The van der Waals surface area contributed by atoms with E-state index in [1.54, 1.807) is 6.07 Å². The minimum atomic E-state index is -1.18. The molecule has 0 unspecified atom stereocenters. The van der Waals surface area contributed by atoms with Crippen LogP contribution in [0, 0.1) is 11.2 Å². The predicted octanol–water partition coefficient (Wildman–Crippen LogP) is 1.54. The van der Waals surface area contributed by atoms with Crippen molar-refractivity contribution in [2.45, 2.75) is 13.8 Å². The number of carbonyl (C=O) groups is 1. The maximum Gasteiger partial charge on any atom is 0.237 e. The Kier molecular flexibility index (Phi) is 3.67. The van der Waals surface area contributed by atoms with Gasteiger partial charge in [-0.15, -0.1) is 0 Å². The van der Waals surface area contributed by atoms with Gasteiger partial charge in [0.05, 0.1) is 0 Å². The molecule has 1 amide bonds. The number of hydrogen-bond donors (Lipinski definition) is 3. The molecular formula is C11H14FN3O2. The summed E-state index contributed by atoms with van der Waals surface area (Å²) in [6.07, 6.45) is 0. The molecule has 92 valence electrons. The van der Waals surface area contributed by atoms with Crippen LogP contribution in [0.3, 0.4) is 0 Å². The van der Waals surface area contributed by atoms with Crippen LogP contribution in [0.15, 0.2) is 29.4 Å². The van der Waals surface area contributed by atoms with Gasteiger partial charge in [0.25, 0.3) is 0 Å². The van der Waals surface area contributed by atoms with Gasteiger partial charge in [-0.2, -0.15) is 0 Å². The van der Waals surface area contributed by atoms with Crippen LogP contribution in [-0.2, 0) is 4.79 Å². The van der Waals surface area contributed by atoms with Crippen LogP contribution in [0.5, 0.6) is 0 Å². The Labute approximate surface area is 98.1 Å². The van der Waals surface area contributed by atoms with E-state index in [0.29, 0.717) is 5.69 Å². The maximum atomic E-state index is 12.9. The first-order valence-electron chi connectivity index (χ1n) is 4.93. The largest absolute Gasteiger partial charge is 0.409 e. The van der Waals surface area contributed by atoms with Gasteiger partial charge in [0.15, 0.2) is 5.84 Å². The molecule has 0 aliphatic rings. The number of nitrogens with two attached hydrogens (primary N) is 1. The van der Waals surface area contributed by atoms with Crippen LogP contribution in [0.25, 0.3) is 0 Å². The third kappa shape index (κ3) is 2.93. The number of hydrogen-bond acceptors (Lipinski definition) is 3. The van der Waals surface area contributed by atoms with Crippen LogP contribution in [0.4, 0.5) is 10.1 Å². The minimum Gasteiger partial charge on any atom is -0.409 e. The first-order chi connectivity index (χ1) is 7.87. The van der Waals surface area contributed by atoms with E-state index in [2.05, 4.69) is 10.5 Å². The lowest BCUT2D eigenvalue weighted by Gasteiger charge is -2.21. The number of rotatable bonds is 3. The second-order valence-corrected chi connectivity index (χ2v) is 4.07. The molecule has 0 radical (unpaired) electrons. The van der Waals surface area contributed by atoms with Gasteiger partial charge in [-0.3, -0.25) is 4.79 Å². The quantitative estimate of drug-likeness (QED) is 0.323. The van der Waals surface area contributed by atoms with Crippen LogP contribution >= 0.6 is 0 Å². The highest BCUT2D eigenvalue weighted by Gasteiger charge is 2.32. The fraction of sp³-hybridized carbons (Fsp3) is 0.273. The molecule has 0 spiro atoms. The number of halogens is 1. The summed E-state index contributed by atoms with van der Waals surface area (Å²) < 4.78 is 12.9. The molecule has 4 N–H and O–H groups in total. The van der Waals surface area contributed by atoms with E-state index >= 15 is 0 Å². The van der Waals surface area contributed by atoms with Crippen LogP contribution in [0.1, 0.15) is 13.8 Å². The number of amidine groups is 1. The van der Waals surface area contributed by atoms with Gasteiger partial charge in [-0.05, 0) is 32.0 Å². The van der Waals surface area contributed by atoms with Crippen molar-refractivity contribution < 1.29 is 14.4 Å². The van der Waals surface area contributed by atoms with Gasteiger partial charge in [-0.25, -0.2) is 4.39 Å². The second kappa shape index (κ2) is 4.82. The molecule has 0 aliphatic heterocycles. The van der Waals surface area contributed by atoms with E-state index < -0.39 is 17.1 Å². The van der Waals surface area contributed by atoms with Crippen molar-refractivity contribution in [2.24, 2.45) is 16.3 Å². The highest BCUT2D eigenvalue weighted by atomic mass is 19.1. The fourth-order valence-electron chi connectivity index (χ4n) is 1.09. The molecule has 0 atom stereocenters. The number of anilines is 1. The van der Waals surface area contributed by atoms with Gasteiger partial charge >= 0.3 is 0 Å². The van der Waals surface area contributed by atoms with E-state index in [1.807, 2.05) is 0 Å². The first kappa shape index (κ1) is 13.0. The average Bonchev–Trinajstić information content (AvgIpc) is 2.27. The van der Waals surface area contributed by atoms with Gasteiger partial charge in [-0.1, -0.05) is 11.2 Å². The number of benzene rings is 1. The molecule has 1 rings (SSSR count). The standard InChI is InChI=1S/C11H14FN3O2/c1-11(2,9(13)15-17)10(16)14-8-5-3-4-7(12)6-8/h3-6,17H,1-2H3,(H2,13,15)(H,14,16). The molecule has 1 aromatic carbocycles. The highest BCUT2D eigenvalue weighted by molar-refractivity contribution is 6.11. The summed E-state index contributed by atoms with van der Waals surface area (Å²) >= 11 is 0. The molecule has 0 bridgehead atoms. The van der Waals surface area contributed by atoms with Crippen molar-refractivity contribution in [1.29, 1.82) is 0 Å². The zero-order valence-corrected chi connectivity index (χ0v) is 9.57. The molecule has 5 nitrogen and oxygen atoms in total. The van der Waals surface area contributed by atoms with E-state index in [0.717, 1.165) is 0 Å². The van der Waals surface area contributed by atoms with Gasteiger partial charge in [0, 0.05) is 5.69 Å². The molecule has 6 heteroatoms. The summed E-state index contributed by atoms with van der Waals surface area (Å²) in [6, 6.07) is 5.47. The van der Waals surface area contributed by atoms with Crippen LogP contribution in [-0.4, -0.2) is 17.0 Å². The number of nitrogens with zero attached hydrogens (tertiary/aromatic N) is 1. The van der Waals surface area contributed by atoms with Crippen molar-refractivity contribution in [2.75, 3.05) is 5.32 Å². The molecule has 1 aromatic rings. The topological polar surface area (TPSA) is 87.7 Å². The smallest absolute Gasteiger partial charge is 0.237 e. The van der Waals surface area contributed by atoms with Crippen molar-refractivity contribution >= 4 is 17.4 Å². The fourth-order valence-corrected chi connectivity index (χ4v) is 1.09. The Bertz CT molecular complexity index is 458. The summed E-state index contributed by atoms with van der Waals surface area (Å²) in [4.78, 5) is 11.8. The third-order valence-electron chi connectivity index (χ3n) is 2.40. The number of oxime groups is 1. The SMILES string of the molecule is CC(C)(C(=O)Nc1cccc(F)c1)C(N)=NO. The lowest BCUT2D eigenvalue weighted by molar-refractivity contribution is -0.121. The summed E-state index contributed by atoms with van der Waals surface area (Å²) in [5.41, 5.74) is 4.53. The van der Waals surface area contributed by atoms with Crippen molar-refractivity contribution in [3.05, 3.63) is 30.1 Å². The molecule has 0 fully saturated rings. The van der Waals surface area contributed by atoms with Crippen LogP contribution in [0.2, 0.25) is 0 Å². The lowest BCUT2D eigenvalue weighted by Crippen LogP contribution is -2.42. The Morgan fingerprint density at radius 1 is 1.53 bits per heavy atom. The number of carbonyl (C=O) groups excluding carboxylic acids is 1. The Morgan fingerprint density at radius 3 is 2.71 bits per heavy atom. The lowest BCUT2D eigenvalue weighted by atomic mass is 9.91. The predicted molar refractivity (Wildman–Crippen MR) is 62.2 cm³/mol. The van der Waals surface area contributed by atoms with Crippen molar-refractivity contribution in [1.82, 2.24) is 0 Å². The van der Waals surface area contributed by atoms with E-state index in [4.69, 9.17) is 10.9 Å². The van der Waals surface area contributed by atoms with Gasteiger partial charge in [0.1, 0.15) is 11.2 Å². The van der Waals surface area contributed by atoms with Gasteiger partial charge < -0.3 is 16.3 Å². The minimum absolute atomic E-state index is 0.216. The molecular weight excluding hydrogens is 225 g/mol. The highest BCUT2D eigenvalue weighted by Crippen LogP contribution is 2.19. The molecule has 0 aliphatic carbocycles. The summed E-state index contributed by atoms with van der Waals surface area (Å²) in [5.74, 6) is -1.16. The van der Waals surface area contributed by atoms with E-state index in [9.17, 15) is 9.18 Å². The number of nitrogens with one attached hydrogen (secondary N) is 1. The number of amides is 1. The maximum absolute atomic E-state index is 12.9. The molecule has 0 saturated carbocycles. The van der Waals surface area contributed by atoms with E-state index in [1.165, 1.54) is 32.0 Å². The zero-order chi connectivity index (χ0) is 13.1. The van der Waals surface area contributed by atoms with Crippen molar-refractivity contribution in [3.63, 3.8) is 0 Å². The van der Waals surface area contributed by atoms with E-state index in [-0.39, 0.29) is 5.84 Å². The molecule has 0 aromatic heterocycles. The first-order valence-corrected chi connectivity index (χ1v) is 4.93. The second-order valence-electron chi connectivity index (χ2n) is 4.07. The zero-order valence-electron chi connectivity index (χ0n) is 9.57. The molecule has 0 saturated heterocycles. The monoisotopic (exact) mass is 239 g/mol. The Morgan fingerprint density at radius 2 is 2.18 bits per heavy atom. The molecule has 17 heavy (non-hydrogen) atoms. The summed E-state index contributed by atoms with van der Waals surface area (Å²) in [5, 5.41) is 13.8. The third-order valence-corrected chi connectivity index (χ3v) is 2.40. The summed E-state index contributed by atoms with van der Waals surface area (Å²) in [7, 11) is 0. The Balaban J connectivity index is 2.86. The van der Waals surface area contributed by atoms with Crippen LogP contribution < -0.4 is 11.1 Å². The summed E-state index contributed by atoms with van der Waals surface area (Å²) in [6.45, 7) is 2.99. The average molecular weight is 239 g/mol. The van der Waals surface area contributed by atoms with Crippen molar-refractivity contribution in [3.8, 4) is 0 Å². The van der Waals surface area contributed by atoms with Gasteiger partial charge in [0.2, 0.25) is 5.91 Å². The normalized spacial score (nSPS) is 12.3.